The van der Waals surface area contributed by atoms with Gasteiger partial charge in [-0.2, -0.15) is 11.8 Å². The summed E-state index contributed by atoms with van der Waals surface area (Å²) in [7, 11) is 0. The Bertz CT molecular complexity index is 584. The predicted molar refractivity (Wildman–Crippen MR) is 94.7 cm³/mol. The molecule has 110 valence electrons. The van der Waals surface area contributed by atoms with Crippen molar-refractivity contribution >= 4 is 46.3 Å². The van der Waals surface area contributed by atoms with E-state index in [1.54, 1.807) is 35.2 Å². The minimum Gasteiger partial charge on any atom is -0.376 e. The fourth-order valence-corrected chi connectivity index (χ4v) is 3.71. The van der Waals surface area contributed by atoms with Crippen LogP contribution in [-0.2, 0) is 5.75 Å². The fraction of sp³-hybridized carbons (Fsp3) is 0.200. The Morgan fingerprint density at radius 1 is 1.24 bits per heavy atom. The molecule has 1 heterocycles. The highest BCUT2D eigenvalue weighted by molar-refractivity contribution is 7.98. The number of rotatable bonds is 6. The van der Waals surface area contributed by atoms with Crippen molar-refractivity contribution in [3.8, 4) is 0 Å². The topological polar surface area (TPSA) is 46.3 Å². The summed E-state index contributed by atoms with van der Waals surface area (Å²) < 4.78 is 0. The third-order valence-corrected chi connectivity index (χ3v) is 5.08. The molecule has 2 aromatic rings. The summed E-state index contributed by atoms with van der Waals surface area (Å²) in [5.74, 6) is 1.61. The van der Waals surface area contributed by atoms with Gasteiger partial charge >= 0.3 is 0 Å². The van der Waals surface area contributed by atoms with Crippen LogP contribution in [0.15, 0.2) is 47.8 Å². The van der Waals surface area contributed by atoms with Crippen molar-refractivity contribution in [2.45, 2.75) is 5.75 Å². The molecule has 1 aromatic carbocycles. The molecule has 1 aromatic heterocycles. The second-order valence-corrected chi connectivity index (χ2v) is 6.85. The molecule has 0 aliphatic carbocycles. The van der Waals surface area contributed by atoms with Crippen LogP contribution in [-0.4, -0.2) is 28.2 Å². The Hall–Kier alpha value is -1.37. The van der Waals surface area contributed by atoms with Gasteiger partial charge in [-0.15, -0.1) is 11.3 Å². The first-order chi connectivity index (χ1) is 10.2. The first-order valence-corrected chi connectivity index (χ1v) is 8.89. The number of amides is 1. The number of carbonyl (C=O) groups is 1. The minimum absolute atomic E-state index is 0.126. The lowest BCUT2D eigenvalue weighted by atomic mass is 10.2. The Morgan fingerprint density at radius 2 is 2.00 bits per heavy atom. The molecule has 0 aliphatic heterocycles. The Labute approximate surface area is 138 Å². The van der Waals surface area contributed by atoms with E-state index in [2.05, 4.69) is 11.4 Å². The van der Waals surface area contributed by atoms with Crippen LogP contribution < -0.4 is 5.73 Å². The minimum atomic E-state index is -0.139. The second kappa shape index (κ2) is 8.17. The van der Waals surface area contributed by atoms with E-state index in [0.29, 0.717) is 12.1 Å². The number of thiocarbonyl (C=S) groups is 1. The molecular formula is C15H16N2OS3. The number of thioether (sulfide) groups is 1. The number of hydrogen-bond donors (Lipinski definition) is 1. The van der Waals surface area contributed by atoms with Gasteiger partial charge in [-0.25, -0.2) is 0 Å². The van der Waals surface area contributed by atoms with Crippen molar-refractivity contribution in [2.75, 3.05) is 12.3 Å². The summed E-state index contributed by atoms with van der Waals surface area (Å²) in [4.78, 5) is 15.2. The van der Waals surface area contributed by atoms with Gasteiger partial charge in [-0.1, -0.05) is 24.3 Å². The summed E-state index contributed by atoms with van der Waals surface area (Å²) in [6.45, 7) is 0.527. The van der Waals surface area contributed by atoms with Crippen LogP contribution in [0, 0.1) is 0 Å². The third kappa shape index (κ3) is 4.84. The average Bonchev–Trinajstić information content (AvgIpc) is 3.00. The number of carbonyl (C=O) groups excluding carboxylic acids is 1. The summed E-state index contributed by atoms with van der Waals surface area (Å²) in [6, 6.07) is 13.2. The maximum absolute atomic E-state index is 12.4. The molecule has 2 rings (SSSR count). The Morgan fingerprint density at radius 3 is 2.62 bits per heavy atom. The van der Waals surface area contributed by atoms with Crippen LogP contribution >= 0.6 is 35.3 Å². The number of hydrogen-bond acceptors (Lipinski definition) is 4. The van der Waals surface area contributed by atoms with E-state index >= 15 is 0 Å². The van der Waals surface area contributed by atoms with Gasteiger partial charge in [0.15, 0.2) is 5.11 Å². The SMILES string of the molecule is NC(=S)N(CCSCc1cccs1)C(=O)c1ccccc1. The van der Waals surface area contributed by atoms with Crippen LogP contribution in [0.2, 0.25) is 0 Å². The van der Waals surface area contributed by atoms with Gasteiger partial charge in [0.05, 0.1) is 0 Å². The van der Waals surface area contributed by atoms with Gasteiger partial charge in [0, 0.05) is 28.5 Å². The van der Waals surface area contributed by atoms with Gasteiger partial charge < -0.3 is 5.73 Å². The highest BCUT2D eigenvalue weighted by atomic mass is 32.2. The number of thiophene rings is 1. The predicted octanol–water partition coefficient (Wildman–Crippen LogP) is 3.37. The zero-order valence-corrected chi connectivity index (χ0v) is 13.8. The van der Waals surface area contributed by atoms with Crippen molar-refractivity contribution in [3.05, 3.63) is 58.3 Å². The molecule has 0 spiro atoms. The zero-order valence-electron chi connectivity index (χ0n) is 11.4. The standard InChI is InChI=1S/C15H16N2OS3/c16-15(19)17(14(18)12-5-2-1-3-6-12)8-10-20-11-13-7-4-9-21-13/h1-7,9H,8,10-11H2,(H2,16,19). The van der Waals surface area contributed by atoms with Gasteiger partial charge in [0.25, 0.3) is 5.91 Å². The van der Waals surface area contributed by atoms with Gasteiger partial charge in [0.2, 0.25) is 0 Å². The van der Waals surface area contributed by atoms with E-state index in [1.807, 2.05) is 24.3 Å². The van der Waals surface area contributed by atoms with E-state index in [0.717, 1.165) is 11.5 Å². The molecule has 0 aliphatic rings. The van der Waals surface area contributed by atoms with Gasteiger partial charge in [-0.3, -0.25) is 9.69 Å². The molecule has 0 saturated carbocycles. The molecule has 1 amide bonds. The molecule has 0 saturated heterocycles. The maximum Gasteiger partial charge on any atom is 0.260 e. The van der Waals surface area contributed by atoms with E-state index < -0.39 is 0 Å². The molecule has 3 nitrogen and oxygen atoms in total. The van der Waals surface area contributed by atoms with Crippen LogP contribution in [0.25, 0.3) is 0 Å². The molecule has 21 heavy (non-hydrogen) atoms. The van der Waals surface area contributed by atoms with Gasteiger partial charge in [-0.05, 0) is 35.8 Å². The van der Waals surface area contributed by atoms with Crippen LogP contribution in [0.1, 0.15) is 15.2 Å². The lowest BCUT2D eigenvalue weighted by Gasteiger charge is -2.20. The summed E-state index contributed by atoms with van der Waals surface area (Å²) in [6.07, 6.45) is 0. The number of nitrogens with zero attached hydrogens (tertiary/aromatic N) is 1. The third-order valence-electron chi connectivity index (χ3n) is 2.82. The molecule has 6 heteroatoms. The van der Waals surface area contributed by atoms with Crippen LogP contribution in [0.3, 0.4) is 0 Å². The van der Waals surface area contributed by atoms with Crippen molar-refractivity contribution in [1.29, 1.82) is 0 Å². The fourth-order valence-electron chi connectivity index (χ4n) is 1.77. The largest absolute Gasteiger partial charge is 0.376 e. The summed E-state index contributed by atoms with van der Waals surface area (Å²) >= 11 is 8.51. The smallest absolute Gasteiger partial charge is 0.260 e. The molecule has 0 unspecified atom stereocenters. The second-order valence-electron chi connectivity index (χ2n) is 4.29. The summed E-state index contributed by atoms with van der Waals surface area (Å²) in [5, 5.41) is 2.19. The Kier molecular flexibility index (Phi) is 6.22. The van der Waals surface area contributed by atoms with Crippen molar-refractivity contribution in [2.24, 2.45) is 5.73 Å². The molecule has 0 atom stereocenters. The molecule has 2 N–H and O–H groups in total. The quantitative estimate of drug-likeness (QED) is 0.649. The maximum atomic E-state index is 12.4. The van der Waals surface area contributed by atoms with Crippen LogP contribution in [0.5, 0.6) is 0 Å². The lowest BCUT2D eigenvalue weighted by Crippen LogP contribution is -2.41. The van der Waals surface area contributed by atoms with Crippen molar-refractivity contribution < 1.29 is 4.79 Å². The number of nitrogens with two attached hydrogens (primary N) is 1. The highest BCUT2D eigenvalue weighted by Gasteiger charge is 2.17. The van der Waals surface area contributed by atoms with E-state index in [4.69, 9.17) is 18.0 Å². The average molecular weight is 337 g/mol. The van der Waals surface area contributed by atoms with E-state index in [9.17, 15) is 4.79 Å². The highest BCUT2D eigenvalue weighted by Crippen LogP contribution is 2.17. The first-order valence-electron chi connectivity index (χ1n) is 6.45. The normalized spacial score (nSPS) is 10.3. The van der Waals surface area contributed by atoms with Crippen molar-refractivity contribution in [1.82, 2.24) is 4.90 Å². The zero-order chi connectivity index (χ0) is 15.1. The Balaban J connectivity index is 1.87. The molecular weight excluding hydrogens is 320 g/mol. The van der Waals surface area contributed by atoms with E-state index in [1.165, 1.54) is 9.78 Å². The molecule has 0 fully saturated rings. The lowest BCUT2D eigenvalue weighted by molar-refractivity contribution is 0.0854. The number of benzene rings is 1. The van der Waals surface area contributed by atoms with E-state index in [-0.39, 0.29) is 11.0 Å². The molecule has 0 radical (unpaired) electrons. The summed E-state index contributed by atoms with van der Waals surface area (Å²) in [5.41, 5.74) is 6.29. The monoisotopic (exact) mass is 336 g/mol. The van der Waals surface area contributed by atoms with Crippen molar-refractivity contribution in [3.63, 3.8) is 0 Å². The van der Waals surface area contributed by atoms with Crippen LogP contribution in [0.4, 0.5) is 0 Å². The first kappa shape index (κ1) is 16.0. The van der Waals surface area contributed by atoms with Gasteiger partial charge in [0.1, 0.15) is 0 Å². The molecule has 0 bridgehead atoms.